The normalized spacial score (nSPS) is 25.1. The maximum absolute atomic E-state index is 14.2. The van der Waals surface area contributed by atoms with E-state index in [4.69, 9.17) is 14.5 Å². The summed E-state index contributed by atoms with van der Waals surface area (Å²) in [5.74, 6) is -3.41. The summed E-state index contributed by atoms with van der Waals surface area (Å²) in [4.78, 5) is 59.0. The number of nitrogens with zero attached hydrogens (tertiary/aromatic N) is 1. The molecule has 3 aromatic rings. The fraction of sp³-hybridized carbons (Fsp3) is 0.475. The van der Waals surface area contributed by atoms with E-state index in [-0.39, 0.29) is 31.2 Å². The summed E-state index contributed by atoms with van der Waals surface area (Å²) in [5.41, 5.74) is 0.146. The van der Waals surface area contributed by atoms with Gasteiger partial charge in [-0.15, -0.1) is 6.58 Å². The van der Waals surface area contributed by atoms with Crippen LogP contribution in [0.25, 0.3) is 22.2 Å². The first-order chi connectivity index (χ1) is 24.3. The van der Waals surface area contributed by atoms with Crippen LogP contribution in [0.4, 0.5) is 0 Å². The predicted molar refractivity (Wildman–Crippen MR) is 193 cm³/mol. The monoisotopic (exact) mass is 696 g/mol. The largest absolute Gasteiger partial charge is 0.497 e. The Kier molecular flexibility index (Phi) is 10.1. The molecule has 0 saturated heterocycles. The Morgan fingerprint density at radius 1 is 1.00 bits per heavy atom. The second kappa shape index (κ2) is 14.4. The van der Waals surface area contributed by atoms with Crippen molar-refractivity contribution in [2.45, 2.75) is 89.4 Å². The maximum atomic E-state index is 14.2. The summed E-state index contributed by atoms with van der Waals surface area (Å²) >= 11 is 0. The highest BCUT2D eigenvalue weighted by atomic mass is 16.5. The average Bonchev–Trinajstić information content (AvgIpc) is 3.37. The quantitative estimate of drug-likeness (QED) is 0.183. The van der Waals surface area contributed by atoms with Crippen molar-refractivity contribution in [1.82, 2.24) is 20.9 Å². The number of pyridine rings is 1. The molecule has 0 radical (unpaired) electrons. The molecule has 3 aliphatic rings. The van der Waals surface area contributed by atoms with E-state index >= 15 is 0 Å². The van der Waals surface area contributed by atoms with Crippen LogP contribution in [0.5, 0.6) is 11.5 Å². The summed E-state index contributed by atoms with van der Waals surface area (Å²) in [6.07, 6.45) is 5.42. The van der Waals surface area contributed by atoms with E-state index in [1.807, 2.05) is 75.4 Å². The minimum absolute atomic E-state index is 0.0709. The summed E-state index contributed by atoms with van der Waals surface area (Å²) in [6.45, 7) is 9.41. The number of hydrogen-bond donors (Lipinski definition) is 4. The first-order valence-electron chi connectivity index (χ1n) is 17.8. The van der Waals surface area contributed by atoms with Gasteiger partial charge in [0.2, 0.25) is 17.7 Å². The number of rotatable bonds is 12. The Bertz CT molecular complexity index is 1820. The van der Waals surface area contributed by atoms with Gasteiger partial charge in [0.1, 0.15) is 29.2 Å². The topological polar surface area (TPSA) is 156 Å². The molecule has 11 nitrogen and oxygen atoms in total. The summed E-state index contributed by atoms with van der Waals surface area (Å²) in [7, 11) is 1.59. The van der Waals surface area contributed by atoms with E-state index in [1.165, 1.54) is 6.08 Å². The number of nitrogens with one attached hydrogen (secondary N) is 3. The molecule has 4 N–H and O–H groups in total. The Labute approximate surface area is 298 Å². The van der Waals surface area contributed by atoms with Gasteiger partial charge in [-0.05, 0) is 49.7 Å². The third-order valence-corrected chi connectivity index (χ3v) is 10.7. The maximum Gasteiger partial charge on any atom is 0.330 e. The second-order valence-corrected chi connectivity index (χ2v) is 15.3. The van der Waals surface area contributed by atoms with E-state index in [9.17, 15) is 24.3 Å². The molecule has 0 aliphatic heterocycles. The lowest BCUT2D eigenvalue weighted by molar-refractivity contribution is -0.145. The van der Waals surface area contributed by atoms with Gasteiger partial charge < -0.3 is 30.5 Å². The van der Waals surface area contributed by atoms with Crippen molar-refractivity contribution in [3.05, 3.63) is 67.3 Å². The smallest absolute Gasteiger partial charge is 0.330 e. The van der Waals surface area contributed by atoms with E-state index in [0.29, 0.717) is 22.7 Å². The number of carbonyl (C=O) groups is 4. The molecule has 0 spiro atoms. The van der Waals surface area contributed by atoms with Crippen LogP contribution in [0.2, 0.25) is 0 Å². The van der Waals surface area contributed by atoms with Crippen molar-refractivity contribution in [1.29, 1.82) is 0 Å². The third-order valence-electron chi connectivity index (χ3n) is 10.7. The number of methoxy groups -OCH3 is 1. The minimum atomic E-state index is -1.46. The van der Waals surface area contributed by atoms with Gasteiger partial charge in [0.15, 0.2) is 0 Å². The molecule has 1 unspecified atom stereocenters. The molecule has 1 heterocycles. The van der Waals surface area contributed by atoms with Crippen molar-refractivity contribution in [2.24, 2.45) is 23.2 Å². The van der Waals surface area contributed by atoms with Crippen molar-refractivity contribution in [3.63, 3.8) is 0 Å². The second-order valence-electron chi connectivity index (χ2n) is 15.3. The molecular weight excluding hydrogens is 648 g/mol. The molecule has 270 valence electrons. The number of carbonyl (C=O) groups excluding carboxylic acids is 3. The number of hydrogen-bond acceptors (Lipinski definition) is 7. The van der Waals surface area contributed by atoms with E-state index in [0.717, 1.165) is 36.6 Å². The Morgan fingerprint density at radius 3 is 2.29 bits per heavy atom. The lowest BCUT2D eigenvalue weighted by Gasteiger charge is -2.33. The van der Waals surface area contributed by atoms with Crippen LogP contribution < -0.4 is 25.4 Å². The summed E-state index contributed by atoms with van der Waals surface area (Å²) in [6, 6.07) is 16.3. The first-order valence-corrected chi connectivity index (χ1v) is 17.8. The van der Waals surface area contributed by atoms with Crippen LogP contribution in [0.15, 0.2) is 67.3 Å². The standard InChI is InChI=1S/C40H48N4O7/c1-6-24-22-40(24,38(48)49)44-36(46)30-19-27(18-29(30)35(45)43-34(39(2,3)4)37(47)41-25-14-10-11-15-25)51-33-21-31(23-12-8-7-9-13-23)42-32-20-26(50-5)16-17-28(32)33/h6-9,12-13,16-17,20-21,24-25,27,29-30,34H,1,10-11,14-15,18-19,22H2,2-5H3,(H,41,47)(H,43,45)(H,44,46)(H,48,49)/t24?,27-,29+,30+,34+,40-/m0/s1. The number of aliphatic carboxylic acids is 1. The Morgan fingerprint density at radius 2 is 1.69 bits per heavy atom. The number of amides is 3. The fourth-order valence-corrected chi connectivity index (χ4v) is 7.61. The molecule has 3 aliphatic carbocycles. The van der Waals surface area contributed by atoms with Crippen LogP contribution >= 0.6 is 0 Å². The molecule has 0 bridgehead atoms. The zero-order valence-corrected chi connectivity index (χ0v) is 29.7. The van der Waals surface area contributed by atoms with Gasteiger partial charge in [-0.3, -0.25) is 14.4 Å². The lowest BCUT2D eigenvalue weighted by Crippen LogP contribution is -2.57. The molecule has 2 aromatic carbocycles. The van der Waals surface area contributed by atoms with Crippen LogP contribution in [-0.4, -0.2) is 64.6 Å². The Hall–Kier alpha value is -4.93. The third kappa shape index (κ3) is 7.57. The average molecular weight is 697 g/mol. The van der Waals surface area contributed by atoms with E-state index in [1.54, 1.807) is 7.11 Å². The van der Waals surface area contributed by atoms with Gasteiger partial charge in [-0.25, -0.2) is 9.78 Å². The van der Waals surface area contributed by atoms with Crippen LogP contribution in [-0.2, 0) is 19.2 Å². The molecule has 51 heavy (non-hydrogen) atoms. The fourth-order valence-electron chi connectivity index (χ4n) is 7.61. The molecule has 3 amide bonds. The van der Waals surface area contributed by atoms with Gasteiger partial charge >= 0.3 is 5.97 Å². The van der Waals surface area contributed by atoms with Crippen LogP contribution in [0.1, 0.15) is 65.7 Å². The van der Waals surface area contributed by atoms with Crippen molar-refractivity contribution >= 4 is 34.6 Å². The summed E-state index contributed by atoms with van der Waals surface area (Å²) in [5, 5.41) is 19.6. The number of aromatic nitrogens is 1. The summed E-state index contributed by atoms with van der Waals surface area (Å²) < 4.78 is 12.1. The first kappa shape index (κ1) is 35.9. The zero-order valence-electron chi connectivity index (χ0n) is 29.7. The van der Waals surface area contributed by atoms with Crippen molar-refractivity contribution in [3.8, 4) is 22.8 Å². The highest BCUT2D eigenvalue weighted by Gasteiger charge is 2.61. The van der Waals surface area contributed by atoms with Crippen LogP contribution in [0.3, 0.4) is 0 Å². The van der Waals surface area contributed by atoms with Gasteiger partial charge in [-0.1, -0.05) is 70.0 Å². The number of fused-ring (bicyclic) bond motifs is 1. The van der Waals surface area contributed by atoms with Gasteiger partial charge in [-0.2, -0.15) is 0 Å². The van der Waals surface area contributed by atoms with Gasteiger partial charge in [0, 0.05) is 35.0 Å². The van der Waals surface area contributed by atoms with Crippen LogP contribution in [0, 0.1) is 23.2 Å². The van der Waals surface area contributed by atoms with Gasteiger partial charge in [0.05, 0.1) is 30.2 Å². The lowest BCUT2D eigenvalue weighted by atomic mass is 9.84. The molecule has 1 aromatic heterocycles. The number of ether oxygens (including phenoxy) is 2. The number of carboxylic acids is 1. The zero-order chi connectivity index (χ0) is 36.5. The molecule has 6 atom stereocenters. The minimum Gasteiger partial charge on any atom is -0.497 e. The Balaban J connectivity index is 1.30. The molecular formula is C40H48N4O7. The number of carboxylic acid groups (broad SMARTS) is 1. The van der Waals surface area contributed by atoms with E-state index < -0.39 is 58.6 Å². The van der Waals surface area contributed by atoms with Crippen molar-refractivity contribution < 1.29 is 33.8 Å². The SMILES string of the molecule is C=CC1C[C@@]1(NC(=O)[C@@H]1C[C@@H](Oc2cc(-c3ccccc3)nc3cc(OC)ccc23)C[C@H]1C(=O)N[C@H](C(=O)NC1CCCC1)C(C)(C)C)C(=O)O. The highest BCUT2D eigenvalue weighted by molar-refractivity contribution is 5.96. The van der Waals surface area contributed by atoms with Gasteiger partial charge in [0.25, 0.3) is 0 Å². The molecule has 3 saturated carbocycles. The van der Waals surface area contributed by atoms with E-state index in [2.05, 4.69) is 22.5 Å². The molecule has 3 fully saturated rings. The number of benzene rings is 2. The predicted octanol–water partition coefficient (Wildman–Crippen LogP) is 5.42. The van der Waals surface area contributed by atoms with Crippen molar-refractivity contribution in [2.75, 3.05) is 7.11 Å². The molecule has 11 heteroatoms. The highest BCUT2D eigenvalue weighted by Crippen LogP contribution is 2.46. The molecule has 6 rings (SSSR count).